The van der Waals surface area contributed by atoms with Gasteiger partial charge in [0.25, 0.3) is 0 Å². The minimum Gasteiger partial charge on any atom is -0.363 e. The molecule has 0 amide bonds. The molecule has 0 spiro atoms. The molecule has 3 heteroatoms. The monoisotopic (exact) mass is 322 g/mol. The Morgan fingerprint density at radius 1 is 0.909 bits per heavy atom. The van der Waals surface area contributed by atoms with Crippen LogP contribution in [0, 0.1) is 17.8 Å². The number of hydrogen-bond donors (Lipinski definition) is 2. The van der Waals surface area contributed by atoms with Crippen LogP contribution in [0.25, 0.3) is 0 Å². The Bertz CT molecular complexity index is 344. The SMILES string of the molecule is CCCCCCCCNC(=S)NC12CC3CC(CC(C3)C1)C2. The second kappa shape index (κ2) is 7.51. The maximum atomic E-state index is 5.59. The van der Waals surface area contributed by atoms with E-state index in [4.69, 9.17) is 12.2 Å². The van der Waals surface area contributed by atoms with Crippen LogP contribution in [0.1, 0.15) is 84.0 Å². The zero-order valence-corrected chi connectivity index (χ0v) is 15.1. The van der Waals surface area contributed by atoms with Crippen molar-refractivity contribution in [3.05, 3.63) is 0 Å². The highest BCUT2D eigenvalue weighted by molar-refractivity contribution is 7.80. The highest BCUT2D eigenvalue weighted by Gasteiger charge is 2.51. The van der Waals surface area contributed by atoms with Crippen molar-refractivity contribution in [1.82, 2.24) is 10.6 Å². The van der Waals surface area contributed by atoms with Crippen LogP contribution in [-0.2, 0) is 0 Å². The minimum absolute atomic E-state index is 0.361. The molecule has 0 aromatic carbocycles. The summed E-state index contributed by atoms with van der Waals surface area (Å²) in [6.07, 6.45) is 16.7. The van der Waals surface area contributed by atoms with Crippen LogP contribution < -0.4 is 10.6 Å². The van der Waals surface area contributed by atoms with E-state index in [1.165, 1.54) is 77.0 Å². The van der Waals surface area contributed by atoms with E-state index in [0.29, 0.717) is 5.54 Å². The first-order valence-corrected chi connectivity index (χ1v) is 10.2. The first-order chi connectivity index (χ1) is 10.7. The molecule has 0 aromatic rings. The molecule has 2 nitrogen and oxygen atoms in total. The van der Waals surface area contributed by atoms with E-state index in [1.807, 2.05) is 0 Å². The van der Waals surface area contributed by atoms with Gasteiger partial charge in [0.1, 0.15) is 0 Å². The summed E-state index contributed by atoms with van der Waals surface area (Å²) in [4.78, 5) is 0. The topological polar surface area (TPSA) is 24.1 Å². The molecule has 0 atom stereocenters. The Hall–Kier alpha value is -0.310. The largest absolute Gasteiger partial charge is 0.363 e. The number of thiocarbonyl (C=S) groups is 1. The number of unbranched alkanes of at least 4 members (excludes halogenated alkanes) is 5. The van der Waals surface area contributed by atoms with E-state index in [9.17, 15) is 0 Å². The first kappa shape index (κ1) is 16.5. The van der Waals surface area contributed by atoms with Gasteiger partial charge in [-0.3, -0.25) is 0 Å². The molecule has 0 unspecified atom stereocenters. The molecule has 0 heterocycles. The molecule has 4 fully saturated rings. The molecule has 4 aliphatic rings. The third-order valence-corrected chi connectivity index (χ3v) is 6.48. The van der Waals surface area contributed by atoms with E-state index in [1.54, 1.807) is 0 Å². The fourth-order valence-corrected chi connectivity index (χ4v) is 5.97. The van der Waals surface area contributed by atoms with Crippen LogP contribution in [0.4, 0.5) is 0 Å². The standard InChI is InChI=1S/C19H34N2S/c1-2-3-4-5-6-7-8-20-18(22)21-19-12-15-9-16(13-19)11-17(10-15)14-19/h15-17H,2-14H2,1H3,(H2,20,21,22). The van der Waals surface area contributed by atoms with Gasteiger partial charge in [0.15, 0.2) is 5.11 Å². The van der Waals surface area contributed by atoms with E-state index < -0.39 is 0 Å². The molecule has 0 aromatic heterocycles. The molecule has 2 N–H and O–H groups in total. The molecule has 22 heavy (non-hydrogen) atoms. The normalized spacial score (nSPS) is 35.6. The number of rotatable bonds is 8. The van der Waals surface area contributed by atoms with Crippen LogP contribution in [0.3, 0.4) is 0 Å². The van der Waals surface area contributed by atoms with Crippen molar-refractivity contribution in [2.24, 2.45) is 17.8 Å². The van der Waals surface area contributed by atoms with Gasteiger partial charge in [-0.15, -0.1) is 0 Å². The third kappa shape index (κ3) is 4.15. The fraction of sp³-hybridized carbons (Fsp3) is 0.947. The van der Waals surface area contributed by atoms with Gasteiger partial charge < -0.3 is 10.6 Å². The molecule has 0 radical (unpaired) electrons. The average molecular weight is 323 g/mol. The summed E-state index contributed by atoms with van der Waals surface area (Å²) in [6, 6.07) is 0. The van der Waals surface area contributed by atoms with Crippen molar-refractivity contribution in [3.8, 4) is 0 Å². The van der Waals surface area contributed by atoms with Gasteiger partial charge >= 0.3 is 0 Å². The van der Waals surface area contributed by atoms with E-state index in [2.05, 4.69) is 17.6 Å². The molecule has 0 aliphatic heterocycles. The molecular formula is C19H34N2S. The maximum absolute atomic E-state index is 5.59. The smallest absolute Gasteiger partial charge is 0.166 e. The van der Waals surface area contributed by atoms with Crippen LogP contribution >= 0.6 is 12.2 Å². The van der Waals surface area contributed by atoms with Crippen molar-refractivity contribution in [1.29, 1.82) is 0 Å². The van der Waals surface area contributed by atoms with Gasteiger partial charge in [0.05, 0.1) is 0 Å². The molecule has 4 saturated carbocycles. The zero-order valence-electron chi connectivity index (χ0n) is 14.3. The molecule has 4 bridgehead atoms. The quantitative estimate of drug-likeness (QED) is 0.497. The Kier molecular flexibility index (Phi) is 5.64. The van der Waals surface area contributed by atoms with Crippen molar-refractivity contribution in [3.63, 3.8) is 0 Å². The van der Waals surface area contributed by atoms with Gasteiger partial charge in [-0.05, 0) is 74.9 Å². The third-order valence-electron chi connectivity index (χ3n) is 6.23. The van der Waals surface area contributed by atoms with Crippen molar-refractivity contribution in [2.75, 3.05) is 6.54 Å². The van der Waals surface area contributed by atoms with Gasteiger partial charge in [0.2, 0.25) is 0 Å². The van der Waals surface area contributed by atoms with Crippen LogP contribution in [-0.4, -0.2) is 17.2 Å². The summed E-state index contributed by atoms with van der Waals surface area (Å²) in [5.74, 6) is 2.96. The summed E-state index contributed by atoms with van der Waals surface area (Å²) in [7, 11) is 0. The lowest BCUT2D eigenvalue weighted by molar-refractivity contribution is -0.0101. The zero-order chi connectivity index (χ0) is 15.4. The lowest BCUT2D eigenvalue weighted by atomic mass is 9.53. The molecule has 0 saturated heterocycles. The maximum Gasteiger partial charge on any atom is 0.166 e. The summed E-state index contributed by atoms with van der Waals surface area (Å²) in [6.45, 7) is 3.32. The van der Waals surface area contributed by atoms with Crippen molar-refractivity contribution >= 4 is 17.3 Å². The van der Waals surface area contributed by atoms with E-state index in [-0.39, 0.29) is 0 Å². The first-order valence-electron chi connectivity index (χ1n) is 9.75. The van der Waals surface area contributed by atoms with Crippen LogP contribution in [0.5, 0.6) is 0 Å². The van der Waals surface area contributed by atoms with Gasteiger partial charge in [0, 0.05) is 12.1 Å². The fourth-order valence-electron chi connectivity index (χ4n) is 5.66. The molecule has 4 rings (SSSR count). The Morgan fingerprint density at radius 3 is 2.05 bits per heavy atom. The van der Waals surface area contributed by atoms with Crippen LogP contribution in [0.2, 0.25) is 0 Å². The van der Waals surface area contributed by atoms with Gasteiger partial charge in [-0.2, -0.15) is 0 Å². The average Bonchev–Trinajstić information content (AvgIpc) is 2.44. The van der Waals surface area contributed by atoms with Crippen molar-refractivity contribution < 1.29 is 0 Å². The predicted molar refractivity (Wildman–Crippen MR) is 98.0 cm³/mol. The van der Waals surface area contributed by atoms with Gasteiger partial charge in [-0.25, -0.2) is 0 Å². The summed E-state index contributed by atoms with van der Waals surface area (Å²) in [5, 5.41) is 8.15. The van der Waals surface area contributed by atoms with Gasteiger partial charge in [-0.1, -0.05) is 39.0 Å². The van der Waals surface area contributed by atoms with Crippen LogP contribution in [0.15, 0.2) is 0 Å². The summed E-state index contributed by atoms with van der Waals surface area (Å²) in [5.41, 5.74) is 0.361. The second-order valence-electron chi connectivity index (χ2n) is 8.35. The van der Waals surface area contributed by atoms with E-state index in [0.717, 1.165) is 29.4 Å². The summed E-state index contributed by atoms with van der Waals surface area (Å²) < 4.78 is 0. The lowest BCUT2D eigenvalue weighted by Gasteiger charge is -2.57. The highest BCUT2D eigenvalue weighted by atomic mass is 32.1. The second-order valence-corrected chi connectivity index (χ2v) is 8.75. The molecular weight excluding hydrogens is 288 g/mol. The Balaban J connectivity index is 1.34. The van der Waals surface area contributed by atoms with E-state index >= 15 is 0 Å². The van der Waals surface area contributed by atoms with Crippen molar-refractivity contribution in [2.45, 2.75) is 89.5 Å². The molecule has 4 aliphatic carbocycles. The number of hydrogen-bond acceptors (Lipinski definition) is 1. The predicted octanol–water partition coefficient (Wildman–Crippen LogP) is 4.78. The molecule has 126 valence electrons. The Labute approximate surface area is 142 Å². The highest BCUT2D eigenvalue weighted by Crippen LogP contribution is 2.55. The minimum atomic E-state index is 0.361. The lowest BCUT2D eigenvalue weighted by Crippen LogP contribution is -2.61. The number of nitrogens with one attached hydrogen (secondary N) is 2. The summed E-state index contributed by atoms with van der Waals surface area (Å²) >= 11 is 5.59. The Morgan fingerprint density at radius 2 is 1.45 bits per heavy atom.